The second kappa shape index (κ2) is 8.97. The van der Waals surface area contributed by atoms with E-state index >= 15 is 0 Å². The molecule has 2 unspecified atom stereocenters. The first-order chi connectivity index (χ1) is 15.7. The Labute approximate surface area is 185 Å². The fourth-order valence-corrected chi connectivity index (χ4v) is 4.05. The van der Waals surface area contributed by atoms with Crippen LogP contribution in [0.4, 0.5) is 0 Å². The van der Waals surface area contributed by atoms with Crippen molar-refractivity contribution in [2.45, 2.75) is 31.5 Å². The maximum absolute atomic E-state index is 8.98. The normalized spacial score (nSPS) is 20.4. The van der Waals surface area contributed by atoms with E-state index in [0.29, 0.717) is 25.3 Å². The molecule has 0 saturated carbocycles. The first-order valence-corrected chi connectivity index (χ1v) is 10.7. The molecule has 0 bridgehead atoms. The molecule has 1 aliphatic carbocycles. The van der Waals surface area contributed by atoms with Gasteiger partial charge in [-0.3, -0.25) is 10.1 Å². The van der Waals surface area contributed by atoms with E-state index in [1.54, 1.807) is 13.3 Å². The summed E-state index contributed by atoms with van der Waals surface area (Å²) < 4.78 is 13.5. The van der Waals surface area contributed by atoms with Gasteiger partial charge >= 0.3 is 0 Å². The number of hydrogen-bond donors (Lipinski definition) is 3. The van der Waals surface area contributed by atoms with E-state index in [-0.39, 0.29) is 18.8 Å². The molecule has 3 N–H and O–H groups in total. The standard InChI is InChI=1S/C23H26N6O3/c1-31-21-12-17(5-6-20(21)32-10-2-9-30)26-22-23-24-7-8-29(23)14-19(27-22)15-3-4-16-13-25-28-18(16)11-15/h3-5,7-8,11-13,19-20,30H,2,6,9-10,14H2,1H3,(H,25,28)(H,26,27). The van der Waals surface area contributed by atoms with E-state index in [1.807, 2.05) is 18.5 Å². The van der Waals surface area contributed by atoms with Crippen LogP contribution >= 0.6 is 0 Å². The molecule has 2 atom stereocenters. The zero-order valence-electron chi connectivity index (χ0n) is 17.9. The molecule has 1 aliphatic heterocycles. The topological polar surface area (TPSA) is 110 Å². The Morgan fingerprint density at radius 1 is 1.34 bits per heavy atom. The largest absolute Gasteiger partial charge is 0.498 e. The minimum Gasteiger partial charge on any atom is -0.498 e. The van der Waals surface area contributed by atoms with Crippen LogP contribution in [0.25, 0.3) is 10.9 Å². The van der Waals surface area contributed by atoms with Gasteiger partial charge in [0.25, 0.3) is 0 Å². The van der Waals surface area contributed by atoms with Gasteiger partial charge < -0.3 is 24.5 Å². The Morgan fingerprint density at radius 2 is 2.28 bits per heavy atom. The van der Waals surface area contributed by atoms with Crippen LogP contribution < -0.4 is 5.32 Å². The number of rotatable bonds is 7. The Balaban J connectivity index is 1.38. The average molecular weight is 435 g/mol. The van der Waals surface area contributed by atoms with Gasteiger partial charge in [-0.25, -0.2) is 4.98 Å². The average Bonchev–Trinajstić information content (AvgIpc) is 3.48. The summed E-state index contributed by atoms with van der Waals surface area (Å²) in [6.07, 6.45) is 10.7. The van der Waals surface area contributed by atoms with Crippen molar-refractivity contribution in [3.63, 3.8) is 0 Å². The van der Waals surface area contributed by atoms with E-state index in [1.165, 1.54) is 0 Å². The van der Waals surface area contributed by atoms with E-state index < -0.39 is 0 Å². The smallest absolute Gasteiger partial charge is 0.175 e. The molecule has 5 rings (SSSR count). The Bertz CT molecular complexity index is 1190. The Kier molecular flexibility index (Phi) is 5.74. The van der Waals surface area contributed by atoms with Crippen LogP contribution in [0.3, 0.4) is 0 Å². The maximum Gasteiger partial charge on any atom is 0.175 e. The number of methoxy groups -OCH3 is 1. The number of benzene rings is 1. The fourth-order valence-electron chi connectivity index (χ4n) is 4.05. The zero-order chi connectivity index (χ0) is 21.9. The highest BCUT2D eigenvalue weighted by atomic mass is 16.5. The van der Waals surface area contributed by atoms with Crippen molar-refractivity contribution in [2.75, 3.05) is 20.3 Å². The molecule has 0 radical (unpaired) electrons. The number of H-pyrrole nitrogens is 1. The molecule has 0 amide bonds. The molecular formula is C23H26N6O3. The number of nitrogens with zero attached hydrogens (tertiary/aromatic N) is 4. The second-order valence-electron chi connectivity index (χ2n) is 7.82. The first kappa shape index (κ1) is 20.5. The lowest BCUT2D eigenvalue weighted by molar-refractivity contribution is 0.0325. The van der Waals surface area contributed by atoms with Gasteiger partial charge in [-0.15, -0.1) is 0 Å². The lowest BCUT2D eigenvalue weighted by Crippen LogP contribution is -2.33. The summed E-state index contributed by atoms with van der Waals surface area (Å²) in [5.74, 6) is 2.26. The summed E-state index contributed by atoms with van der Waals surface area (Å²) in [4.78, 5) is 9.50. The summed E-state index contributed by atoms with van der Waals surface area (Å²) in [6.45, 7) is 1.33. The Hall–Kier alpha value is -3.43. The number of aromatic amines is 1. The van der Waals surface area contributed by atoms with Gasteiger partial charge in [-0.05, 0) is 18.1 Å². The summed E-state index contributed by atoms with van der Waals surface area (Å²) in [5.41, 5.74) is 3.00. The number of aromatic nitrogens is 4. The van der Waals surface area contributed by atoms with E-state index in [4.69, 9.17) is 19.6 Å². The number of aliphatic imine (C=N–C) groups is 1. The molecule has 2 aliphatic rings. The van der Waals surface area contributed by atoms with Crippen molar-refractivity contribution in [1.29, 1.82) is 0 Å². The second-order valence-corrected chi connectivity index (χ2v) is 7.82. The highest BCUT2D eigenvalue weighted by molar-refractivity contribution is 5.98. The monoisotopic (exact) mass is 434 g/mol. The number of aliphatic hydroxyl groups is 1. The summed E-state index contributed by atoms with van der Waals surface area (Å²) >= 11 is 0. The van der Waals surface area contributed by atoms with Gasteiger partial charge in [-0.2, -0.15) is 5.10 Å². The van der Waals surface area contributed by atoms with Crippen molar-refractivity contribution in [2.24, 2.45) is 4.99 Å². The van der Waals surface area contributed by atoms with E-state index in [2.05, 4.69) is 49.3 Å². The van der Waals surface area contributed by atoms with Crippen LogP contribution in [-0.2, 0) is 16.0 Å². The molecule has 9 heteroatoms. The lowest BCUT2D eigenvalue weighted by Gasteiger charge is -2.26. The quantitative estimate of drug-likeness (QED) is 0.493. The predicted octanol–water partition coefficient (Wildman–Crippen LogP) is 2.44. The molecular weight excluding hydrogens is 408 g/mol. The van der Waals surface area contributed by atoms with Crippen LogP contribution in [0.2, 0.25) is 0 Å². The number of amidine groups is 1. The molecule has 166 valence electrons. The van der Waals surface area contributed by atoms with Crippen molar-refractivity contribution < 1.29 is 14.6 Å². The van der Waals surface area contributed by atoms with Crippen LogP contribution in [0.1, 0.15) is 30.3 Å². The Morgan fingerprint density at radius 3 is 3.16 bits per heavy atom. The molecule has 9 nitrogen and oxygen atoms in total. The fraction of sp³-hybridized carbons (Fsp3) is 0.348. The number of aliphatic hydroxyl groups excluding tert-OH is 1. The first-order valence-electron chi connectivity index (χ1n) is 10.7. The molecule has 0 saturated heterocycles. The molecule has 3 heterocycles. The third-order valence-electron chi connectivity index (χ3n) is 5.72. The van der Waals surface area contributed by atoms with Gasteiger partial charge in [-0.1, -0.05) is 18.2 Å². The zero-order valence-corrected chi connectivity index (χ0v) is 17.9. The summed E-state index contributed by atoms with van der Waals surface area (Å²) in [5, 5.41) is 20.6. The minimum absolute atomic E-state index is 0.0449. The van der Waals surface area contributed by atoms with Crippen molar-refractivity contribution in [3.8, 4) is 0 Å². The molecule has 0 fully saturated rings. The third kappa shape index (κ3) is 4.04. The van der Waals surface area contributed by atoms with Gasteiger partial charge in [0.15, 0.2) is 11.7 Å². The molecule has 3 aromatic rings. The third-order valence-corrected chi connectivity index (χ3v) is 5.72. The number of nitrogens with one attached hydrogen (secondary N) is 2. The van der Waals surface area contributed by atoms with Gasteiger partial charge in [0.2, 0.25) is 0 Å². The number of hydrogen-bond acceptors (Lipinski definition) is 7. The molecule has 1 aromatic carbocycles. The number of fused-ring (bicyclic) bond motifs is 2. The van der Waals surface area contributed by atoms with Gasteiger partial charge in [0.05, 0.1) is 31.4 Å². The lowest BCUT2D eigenvalue weighted by atomic mass is 10.0. The van der Waals surface area contributed by atoms with E-state index in [9.17, 15) is 0 Å². The van der Waals surface area contributed by atoms with Crippen LogP contribution in [0, 0.1) is 0 Å². The maximum atomic E-state index is 8.98. The van der Waals surface area contributed by atoms with Gasteiger partial charge in [0, 0.05) is 49.2 Å². The predicted molar refractivity (Wildman–Crippen MR) is 120 cm³/mol. The highest BCUT2D eigenvalue weighted by Gasteiger charge is 2.25. The van der Waals surface area contributed by atoms with Crippen LogP contribution in [0.5, 0.6) is 0 Å². The molecule has 32 heavy (non-hydrogen) atoms. The summed E-state index contributed by atoms with van der Waals surface area (Å²) in [6, 6.07) is 6.22. The van der Waals surface area contributed by atoms with Crippen LogP contribution in [0.15, 0.2) is 65.4 Å². The number of imidazole rings is 1. The SMILES string of the molecule is COC1=CC(NC2=NC(c3ccc4cn[nH]c4c3)Cn3ccnc32)=CCC1OCCCO. The summed E-state index contributed by atoms with van der Waals surface area (Å²) in [7, 11) is 1.64. The van der Waals surface area contributed by atoms with Crippen LogP contribution in [-0.4, -0.2) is 57.1 Å². The van der Waals surface area contributed by atoms with Crippen molar-refractivity contribution >= 4 is 16.7 Å². The van der Waals surface area contributed by atoms with Gasteiger partial charge in [0.1, 0.15) is 11.9 Å². The highest BCUT2D eigenvalue weighted by Crippen LogP contribution is 2.28. The minimum atomic E-state index is -0.152. The van der Waals surface area contributed by atoms with E-state index in [0.717, 1.165) is 40.3 Å². The molecule has 2 aromatic heterocycles. The number of allylic oxidation sites excluding steroid dienone is 1. The number of ether oxygens (including phenoxy) is 2. The van der Waals surface area contributed by atoms with Crippen molar-refractivity contribution in [1.82, 2.24) is 25.1 Å². The van der Waals surface area contributed by atoms with Crippen molar-refractivity contribution in [3.05, 3.63) is 71.8 Å². The molecule has 0 spiro atoms.